The van der Waals surface area contributed by atoms with Crippen molar-refractivity contribution in [2.45, 2.75) is 24.8 Å². The van der Waals surface area contributed by atoms with Gasteiger partial charge < -0.3 is 24.7 Å². The minimum Gasteiger partial charge on any atom is -0.456 e. The summed E-state index contributed by atoms with van der Waals surface area (Å²) in [4.78, 5) is 24.2. The molecule has 0 spiro atoms. The Labute approximate surface area is 350 Å². The van der Waals surface area contributed by atoms with Crippen molar-refractivity contribution in [3.05, 3.63) is 137 Å². The Balaban J connectivity index is 0.963. The summed E-state index contributed by atoms with van der Waals surface area (Å²) in [7, 11) is -4.22. The third-order valence-electron chi connectivity index (χ3n) is 11.1. The van der Waals surface area contributed by atoms with Crippen molar-refractivity contribution in [3.8, 4) is 22.6 Å². The van der Waals surface area contributed by atoms with E-state index in [2.05, 4.69) is 66.1 Å². The van der Waals surface area contributed by atoms with Crippen LogP contribution in [0.1, 0.15) is 27.9 Å². The Kier molecular flexibility index (Phi) is 12.5. The molecule has 2 aliphatic rings. The van der Waals surface area contributed by atoms with Crippen molar-refractivity contribution in [2.75, 3.05) is 75.8 Å². The Morgan fingerprint density at radius 1 is 0.831 bits per heavy atom. The van der Waals surface area contributed by atoms with Gasteiger partial charge in [0.25, 0.3) is 15.9 Å². The first-order valence-electron chi connectivity index (χ1n) is 20.1. The first-order valence-corrected chi connectivity index (χ1v) is 22.0. The number of sulfonamides is 1. The largest absolute Gasteiger partial charge is 0.456 e. The van der Waals surface area contributed by atoms with E-state index in [0.29, 0.717) is 10.8 Å². The fourth-order valence-electron chi connectivity index (χ4n) is 7.81. The lowest BCUT2D eigenvalue weighted by Gasteiger charge is -2.36. The van der Waals surface area contributed by atoms with E-state index in [1.165, 1.54) is 17.2 Å². The Hall–Kier alpha value is -5.37. The summed E-state index contributed by atoms with van der Waals surface area (Å²) >= 11 is 6.17. The van der Waals surface area contributed by atoms with Gasteiger partial charge in [-0.3, -0.25) is 14.6 Å². The lowest BCUT2D eigenvalue weighted by Crippen LogP contribution is -2.46. The van der Waals surface area contributed by atoms with Crippen LogP contribution in [0.5, 0.6) is 11.5 Å². The second-order valence-electron chi connectivity index (χ2n) is 15.1. The zero-order valence-corrected chi connectivity index (χ0v) is 34.7. The molecule has 2 fully saturated rings. The van der Waals surface area contributed by atoms with Crippen molar-refractivity contribution in [2.24, 2.45) is 0 Å². The van der Waals surface area contributed by atoms with Crippen molar-refractivity contribution < 1.29 is 22.7 Å². The van der Waals surface area contributed by atoms with Crippen molar-refractivity contribution in [3.63, 3.8) is 0 Å². The van der Waals surface area contributed by atoms with Crippen LogP contribution >= 0.6 is 11.6 Å². The molecule has 11 nitrogen and oxygen atoms in total. The fraction of sp³-hybridized carbons (Fsp3) is 0.283. The molecular weight excluding hydrogens is 784 g/mol. The molecular formula is C46H49ClN6O5S. The van der Waals surface area contributed by atoms with E-state index in [4.69, 9.17) is 21.1 Å². The number of hydrogen-bond donors (Lipinski definition) is 3. The molecule has 3 heterocycles. The predicted molar refractivity (Wildman–Crippen MR) is 235 cm³/mol. The molecule has 8 rings (SSSR count). The summed E-state index contributed by atoms with van der Waals surface area (Å²) in [6.45, 7) is 11.0. The molecule has 0 atom stereocenters. The van der Waals surface area contributed by atoms with Gasteiger partial charge in [0.15, 0.2) is 0 Å². The molecule has 3 N–H and O–H groups in total. The summed E-state index contributed by atoms with van der Waals surface area (Å²) in [5.41, 5.74) is 7.07. The topological polar surface area (TPSA) is 119 Å². The number of carbonyl (C=O) groups excluding carboxylic acids is 1. The van der Waals surface area contributed by atoms with E-state index in [1.807, 2.05) is 61.7 Å². The number of amides is 1. The van der Waals surface area contributed by atoms with Gasteiger partial charge in [0.2, 0.25) is 0 Å². The second kappa shape index (κ2) is 18.3. The van der Waals surface area contributed by atoms with E-state index in [0.717, 1.165) is 112 Å². The molecule has 306 valence electrons. The van der Waals surface area contributed by atoms with Crippen molar-refractivity contribution in [1.29, 1.82) is 0 Å². The van der Waals surface area contributed by atoms with Gasteiger partial charge in [-0.15, -0.1) is 0 Å². The number of aromatic nitrogens is 1. The molecule has 0 aliphatic carbocycles. The number of piperazine rings is 1. The van der Waals surface area contributed by atoms with Gasteiger partial charge in [-0.1, -0.05) is 54.1 Å². The standard InChI is InChI=1S/C46H49ClN6O5S/c1-33-30-38(15-17-42(33)48-19-5-21-51-26-28-57-29-27-51)59(55,56)50-46(54)41-16-14-37(31-45(41)58-44-9-4-8-43-40(44)18-20-49-43)53-24-22-52(23-25-53)32-35-6-2-3-7-39(35)34-10-12-36(47)13-11-34/h2-4,6-18,20,30-31,48-49H,5,19,21-29,32H2,1H3,(H,50,54). The van der Waals surface area contributed by atoms with Crippen LogP contribution in [-0.4, -0.2) is 94.7 Å². The number of anilines is 2. The van der Waals surface area contributed by atoms with E-state index < -0.39 is 15.9 Å². The van der Waals surface area contributed by atoms with Crippen LogP contribution in [0.3, 0.4) is 0 Å². The molecule has 1 aromatic heterocycles. The van der Waals surface area contributed by atoms with E-state index >= 15 is 0 Å². The van der Waals surface area contributed by atoms with Crippen LogP contribution in [0.4, 0.5) is 11.4 Å². The van der Waals surface area contributed by atoms with Gasteiger partial charge >= 0.3 is 0 Å². The molecule has 2 saturated heterocycles. The zero-order valence-electron chi connectivity index (χ0n) is 33.1. The fourth-order valence-corrected chi connectivity index (χ4v) is 8.98. The third-order valence-corrected chi connectivity index (χ3v) is 12.7. The van der Waals surface area contributed by atoms with Gasteiger partial charge in [0.05, 0.1) is 23.7 Å². The lowest BCUT2D eigenvalue weighted by atomic mass is 9.99. The number of ether oxygens (including phenoxy) is 2. The van der Waals surface area contributed by atoms with Crippen molar-refractivity contribution in [1.82, 2.24) is 19.5 Å². The summed E-state index contributed by atoms with van der Waals surface area (Å²) in [5, 5.41) is 4.98. The minimum absolute atomic E-state index is 0.00653. The average Bonchev–Trinajstić information content (AvgIpc) is 3.74. The van der Waals surface area contributed by atoms with Crippen LogP contribution in [0.25, 0.3) is 22.0 Å². The molecule has 13 heteroatoms. The van der Waals surface area contributed by atoms with Gasteiger partial charge in [-0.05, 0) is 103 Å². The van der Waals surface area contributed by atoms with Crippen LogP contribution in [0.2, 0.25) is 5.02 Å². The number of nitrogens with zero attached hydrogens (tertiary/aromatic N) is 3. The number of morpholine rings is 1. The Bertz CT molecular complexity index is 2510. The molecule has 0 saturated carbocycles. The molecule has 59 heavy (non-hydrogen) atoms. The zero-order chi connectivity index (χ0) is 40.8. The first kappa shape index (κ1) is 40.4. The molecule has 0 radical (unpaired) electrons. The number of aromatic amines is 1. The Morgan fingerprint density at radius 2 is 1.63 bits per heavy atom. The SMILES string of the molecule is Cc1cc(S(=O)(=O)NC(=O)c2ccc(N3CCN(Cc4ccccc4-c4ccc(Cl)cc4)CC3)cc2Oc2cccc3[nH]ccc23)ccc1NCCCN1CCOCC1. The number of rotatable bonds is 14. The first-order chi connectivity index (χ1) is 28.7. The number of carbonyl (C=O) groups is 1. The summed E-state index contributed by atoms with van der Waals surface area (Å²) in [6, 6.07) is 34.2. The summed E-state index contributed by atoms with van der Waals surface area (Å²) in [6.07, 6.45) is 2.78. The van der Waals surface area contributed by atoms with Crippen LogP contribution in [-0.2, 0) is 21.3 Å². The van der Waals surface area contributed by atoms with Gasteiger partial charge in [0, 0.05) is 91.9 Å². The molecule has 0 unspecified atom stereocenters. The molecule has 2 aliphatic heterocycles. The smallest absolute Gasteiger partial charge is 0.268 e. The van der Waals surface area contributed by atoms with E-state index in [1.54, 1.807) is 18.2 Å². The lowest BCUT2D eigenvalue weighted by molar-refractivity contribution is 0.0378. The highest BCUT2D eigenvalue weighted by atomic mass is 35.5. The number of hydrogen-bond acceptors (Lipinski definition) is 9. The predicted octanol–water partition coefficient (Wildman–Crippen LogP) is 8.16. The number of H-pyrrole nitrogens is 1. The van der Waals surface area contributed by atoms with Crippen LogP contribution in [0.15, 0.2) is 120 Å². The number of aryl methyl sites for hydroxylation is 1. The maximum atomic E-state index is 13.9. The second-order valence-corrected chi connectivity index (χ2v) is 17.2. The van der Waals surface area contributed by atoms with Gasteiger partial charge in [-0.2, -0.15) is 0 Å². The quantitative estimate of drug-likeness (QED) is 0.0935. The number of fused-ring (bicyclic) bond motifs is 1. The summed E-state index contributed by atoms with van der Waals surface area (Å²) in [5.74, 6) is 0.0293. The molecule has 0 bridgehead atoms. The summed E-state index contributed by atoms with van der Waals surface area (Å²) < 4.78 is 41.6. The maximum absolute atomic E-state index is 13.9. The molecule has 5 aromatic carbocycles. The van der Waals surface area contributed by atoms with E-state index in [9.17, 15) is 13.2 Å². The number of benzene rings is 5. The number of nitrogens with one attached hydrogen (secondary N) is 3. The van der Waals surface area contributed by atoms with Gasteiger partial charge in [-0.25, -0.2) is 13.1 Å². The van der Waals surface area contributed by atoms with Gasteiger partial charge in [0.1, 0.15) is 11.5 Å². The highest BCUT2D eigenvalue weighted by Gasteiger charge is 2.25. The molecule has 6 aromatic rings. The van der Waals surface area contributed by atoms with Crippen molar-refractivity contribution >= 4 is 49.8 Å². The average molecular weight is 833 g/mol. The van der Waals surface area contributed by atoms with Crippen LogP contribution in [0, 0.1) is 6.92 Å². The molecule has 1 amide bonds. The highest BCUT2D eigenvalue weighted by molar-refractivity contribution is 7.90. The van der Waals surface area contributed by atoms with E-state index in [-0.39, 0.29) is 16.2 Å². The normalized spacial score (nSPS) is 15.3. The Morgan fingerprint density at radius 3 is 2.42 bits per heavy atom. The highest BCUT2D eigenvalue weighted by Crippen LogP contribution is 2.35. The monoisotopic (exact) mass is 832 g/mol. The third kappa shape index (κ3) is 9.75. The maximum Gasteiger partial charge on any atom is 0.268 e. The minimum atomic E-state index is -4.22. The number of halogens is 1. The van der Waals surface area contributed by atoms with Crippen LogP contribution < -0.4 is 19.7 Å².